The van der Waals surface area contributed by atoms with Gasteiger partial charge < -0.3 is 15.5 Å². The quantitative estimate of drug-likeness (QED) is 0.814. The van der Waals surface area contributed by atoms with Crippen molar-refractivity contribution in [1.82, 2.24) is 10.2 Å². The first-order valence-corrected chi connectivity index (χ1v) is 6.46. The molecule has 0 aliphatic heterocycles. The molecule has 0 saturated carbocycles. The van der Waals surface area contributed by atoms with Gasteiger partial charge in [-0.05, 0) is 33.0 Å². The highest BCUT2D eigenvalue weighted by molar-refractivity contribution is 6.04. The lowest BCUT2D eigenvalue weighted by atomic mass is 10.1. The molecule has 19 heavy (non-hydrogen) atoms. The predicted molar refractivity (Wildman–Crippen MR) is 76.2 cm³/mol. The van der Waals surface area contributed by atoms with E-state index >= 15 is 0 Å². The molecule has 0 atom stereocenters. The Hall–Kier alpha value is -1.88. The number of carbonyl (C=O) groups is 2. The van der Waals surface area contributed by atoms with Gasteiger partial charge in [0.15, 0.2) is 0 Å². The van der Waals surface area contributed by atoms with Crippen LogP contribution in [0.4, 0.5) is 5.69 Å². The SMILES string of the molecule is CCN(CC)C(=O)c1ccccc1NC(=O)CNC. The van der Waals surface area contributed by atoms with Crippen molar-refractivity contribution in [2.24, 2.45) is 0 Å². The third-order valence-electron chi connectivity index (χ3n) is 2.82. The lowest BCUT2D eigenvalue weighted by Crippen LogP contribution is -2.32. The number of benzene rings is 1. The number of carbonyl (C=O) groups excluding carboxylic acids is 2. The number of likely N-dealkylation sites (N-methyl/N-ethyl adjacent to an activating group) is 1. The van der Waals surface area contributed by atoms with E-state index in [2.05, 4.69) is 10.6 Å². The number of amides is 2. The molecule has 1 aromatic rings. The first-order chi connectivity index (χ1) is 9.13. The largest absolute Gasteiger partial charge is 0.339 e. The number of anilines is 1. The Morgan fingerprint density at radius 3 is 2.37 bits per heavy atom. The van der Waals surface area contributed by atoms with Gasteiger partial charge in [-0.2, -0.15) is 0 Å². The number of nitrogens with zero attached hydrogens (tertiary/aromatic N) is 1. The molecule has 0 heterocycles. The number of nitrogens with one attached hydrogen (secondary N) is 2. The second-order valence-corrected chi connectivity index (χ2v) is 4.10. The summed E-state index contributed by atoms with van der Waals surface area (Å²) < 4.78 is 0. The maximum Gasteiger partial charge on any atom is 0.255 e. The molecule has 0 fully saturated rings. The van der Waals surface area contributed by atoms with Crippen molar-refractivity contribution in [3.8, 4) is 0 Å². The third-order valence-corrected chi connectivity index (χ3v) is 2.82. The molecule has 0 radical (unpaired) electrons. The molecule has 104 valence electrons. The molecule has 0 spiro atoms. The van der Waals surface area contributed by atoms with Crippen molar-refractivity contribution >= 4 is 17.5 Å². The Balaban J connectivity index is 2.95. The van der Waals surface area contributed by atoms with Crippen LogP contribution in [0.2, 0.25) is 0 Å². The van der Waals surface area contributed by atoms with E-state index in [1.807, 2.05) is 13.8 Å². The molecule has 2 amide bonds. The summed E-state index contributed by atoms with van der Waals surface area (Å²) in [6.45, 7) is 5.38. The second-order valence-electron chi connectivity index (χ2n) is 4.10. The number of rotatable bonds is 6. The first-order valence-electron chi connectivity index (χ1n) is 6.46. The average Bonchev–Trinajstić information content (AvgIpc) is 2.40. The molecule has 0 unspecified atom stereocenters. The van der Waals surface area contributed by atoms with Gasteiger partial charge in [-0.25, -0.2) is 0 Å². The maximum atomic E-state index is 12.3. The molecular weight excluding hydrogens is 242 g/mol. The summed E-state index contributed by atoms with van der Waals surface area (Å²) in [6.07, 6.45) is 0. The zero-order valence-corrected chi connectivity index (χ0v) is 11.7. The van der Waals surface area contributed by atoms with Crippen LogP contribution in [-0.2, 0) is 4.79 Å². The van der Waals surface area contributed by atoms with Gasteiger partial charge in [0.05, 0.1) is 17.8 Å². The lowest BCUT2D eigenvalue weighted by Gasteiger charge is -2.20. The van der Waals surface area contributed by atoms with Crippen LogP contribution in [0.3, 0.4) is 0 Å². The topological polar surface area (TPSA) is 61.4 Å². The Bertz CT molecular complexity index is 442. The van der Waals surface area contributed by atoms with Gasteiger partial charge >= 0.3 is 0 Å². The molecule has 0 saturated heterocycles. The lowest BCUT2D eigenvalue weighted by molar-refractivity contribution is -0.115. The first kappa shape index (κ1) is 15.2. The zero-order valence-electron chi connectivity index (χ0n) is 11.7. The minimum atomic E-state index is -0.165. The fourth-order valence-electron chi connectivity index (χ4n) is 1.81. The van der Waals surface area contributed by atoms with Crippen LogP contribution in [0.1, 0.15) is 24.2 Å². The van der Waals surface area contributed by atoms with Crippen molar-refractivity contribution in [2.75, 3.05) is 32.0 Å². The van der Waals surface area contributed by atoms with Gasteiger partial charge in [-0.15, -0.1) is 0 Å². The highest BCUT2D eigenvalue weighted by Crippen LogP contribution is 2.17. The van der Waals surface area contributed by atoms with E-state index in [0.29, 0.717) is 24.3 Å². The smallest absolute Gasteiger partial charge is 0.255 e. The zero-order chi connectivity index (χ0) is 14.3. The summed E-state index contributed by atoms with van der Waals surface area (Å²) >= 11 is 0. The van der Waals surface area contributed by atoms with Crippen molar-refractivity contribution in [2.45, 2.75) is 13.8 Å². The molecule has 2 N–H and O–H groups in total. The Labute approximate surface area is 114 Å². The molecule has 5 nitrogen and oxygen atoms in total. The number of hydrogen-bond donors (Lipinski definition) is 2. The van der Waals surface area contributed by atoms with E-state index in [9.17, 15) is 9.59 Å². The summed E-state index contributed by atoms with van der Waals surface area (Å²) in [5.41, 5.74) is 1.08. The van der Waals surface area contributed by atoms with Crippen LogP contribution in [0.15, 0.2) is 24.3 Å². The Morgan fingerprint density at radius 2 is 1.79 bits per heavy atom. The van der Waals surface area contributed by atoms with Crippen molar-refractivity contribution in [1.29, 1.82) is 0 Å². The fourth-order valence-corrected chi connectivity index (χ4v) is 1.81. The maximum absolute atomic E-state index is 12.3. The summed E-state index contributed by atoms with van der Waals surface area (Å²) in [6, 6.07) is 7.07. The molecule has 0 aliphatic carbocycles. The molecule has 1 rings (SSSR count). The molecule has 5 heteroatoms. The number of hydrogen-bond acceptors (Lipinski definition) is 3. The normalized spacial score (nSPS) is 10.1. The molecular formula is C14H21N3O2. The van der Waals surface area contributed by atoms with Crippen LogP contribution in [0, 0.1) is 0 Å². The van der Waals surface area contributed by atoms with Gasteiger partial charge in [-0.3, -0.25) is 9.59 Å². The van der Waals surface area contributed by atoms with Crippen molar-refractivity contribution < 1.29 is 9.59 Å². The third kappa shape index (κ3) is 4.06. The van der Waals surface area contributed by atoms with Crippen LogP contribution < -0.4 is 10.6 Å². The standard InChI is InChI=1S/C14H21N3O2/c1-4-17(5-2)14(19)11-8-6-7-9-12(11)16-13(18)10-15-3/h6-9,15H,4-5,10H2,1-3H3,(H,16,18). The van der Waals surface area contributed by atoms with Crippen LogP contribution in [0.5, 0.6) is 0 Å². The molecule has 0 bridgehead atoms. The summed E-state index contributed by atoms with van der Waals surface area (Å²) in [4.78, 5) is 25.6. The van der Waals surface area contributed by atoms with E-state index in [0.717, 1.165) is 0 Å². The Morgan fingerprint density at radius 1 is 1.16 bits per heavy atom. The van der Waals surface area contributed by atoms with Gasteiger partial charge in [0.1, 0.15) is 0 Å². The van der Waals surface area contributed by atoms with E-state index in [1.54, 1.807) is 36.2 Å². The molecule has 1 aromatic carbocycles. The van der Waals surface area contributed by atoms with E-state index in [4.69, 9.17) is 0 Å². The second kappa shape index (κ2) is 7.53. The van der Waals surface area contributed by atoms with E-state index in [1.165, 1.54) is 0 Å². The van der Waals surface area contributed by atoms with Crippen LogP contribution >= 0.6 is 0 Å². The predicted octanol–water partition coefficient (Wildman–Crippen LogP) is 1.33. The summed E-state index contributed by atoms with van der Waals surface area (Å²) in [7, 11) is 1.70. The summed E-state index contributed by atoms with van der Waals surface area (Å²) in [5, 5.41) is 5.52. The Kier molecular flexibility index (Phi) is 6.02. The van der Waals surface area contributed by atoms with Gasteiger partial charge in [0, 0.05) is 13.1 Å². The van der Waals surface area contributed by atoms with Crippen LogP contribution in [0.25, 0.3) is 0 Å². The van der Waals surface area contributed by atoms with Gasteiger partial charge in [-0.1, -0.05) is 12.1 Å². The van der Waals surface area contributed by atoms with E-state index < -0.39 is 0 Å². The highest BCUT2D eigenvalue weighted by Gasteiger charge is 2.16. The van der Waals surface area contributed by atoms with Gasteiger partial charge in [0.2, 0.25) is 5.91 Å². The molecule has 0 aliphatic rings. The minimum absolute atomic E-state index is 0.0645. The minimum Gasteiger partial charge on any atom is -0.339 e. The highest BCUT2D eigenvalue weighted by atomic mass is 16.2. The summed E-state index contributed by atoms with van der Waals surface area (Å²) in [5.74, 6) is -0.229. The van der Waals surface area contributed by atoms with E-state index in [-0.39, 0.29) is 18.4 Å². The fraction of sp³-hybridized carbons (Fsp3) is 0.429. The van der Waals surface area contributed by atoms with Crippen LogP contribution in [-0.4, -0.2) is 43.4 Å². The average molecular weight is 263 g/mol. The number of para-hydroxylation sites is 1. The van der Waals surface area contributed by atoms with Gasteiger partial charge in [0.25, 0.3) is 5.91 Å². The van der Waals surface area contributed by atoms with Crippen molar-refractivity contribution in [3.05, 3.63) is 29.8 Å². The monoisotopic (exact) mass is 263 g/mol. The van der Waals surface area contributed by atoms with Crippen molar-refractivity contribution in [3.63, 3.8) is 0 Å². The molecule has 0 aromatic heterocycles.